The summed E-state index contributed by atoms with van der Waals surface area (Å²) >= 11 is 0. The summed E-state index contributed by atoms with van der Waals surface area (Å²) in [5, 5.41) is 0. The standard InChI is InChI=1S/C27H22F4O/c1-2-17-5-3-4-6-23(17)24-15-20(18-9-13-22(28)14-10-18)16-25(24)26(32)19-7-11-21(12-8-19)27(29,30)31/h3-14,16,20,24H,2,15H2,1H3. The summed E-state index contributed by atoms with van der Waals surface area (Å²) in [7, 11) is 0. The molecule has 164 valence electrons. The van der Waals surface area contributed by atoms with Gasteiger partial charge in [-0.05, 0) is 53.8 Å². The van der Waals surface area contributed by atoms with Gasteiger partial charge in [-0.2, -0.15) is 13.2 Å². The van der Waals surface area contributed by atoms with E-state index in [2.05, 4.69) is 0 Å². The number of carbonyl (C=O) groups is 1. The first kappa shape index (κ1) is 22.0. The number of carbonyl (C=O) groups excluding carboxylic acids is 1. The van der Waals surface area contributed by atoms with Crippen molar-refractivity contribution in [2.75, 3.05) is 0 Å². The molecule has 0 heterocycles. The number of ketones is 1. The third-order valence-electron chi connectivity index (χ3n) is 6.09. The van der Waals surface area contributed by atoms with E-state index in [-0.39, 0.29) is 29.0 Å². The van der Waals surface area contributed by atoms with Gasteiger partial charge in [0.1, 0.15) is 5.82 Å². The molecule has 0 N–H and O–H groups in total. The zero-order chi connectivity index (χ0) is 22.9. The van der Waals surface area contributed by atoms with Crippen molar-refractivity contribution in [1.29, 1.82) is 0 Å². The molecule has 0 amide bonds. The number of Topliss-reactive ketones (excluding diaryl/α,β-unsaturated/α-hetero) is 1. The highest BCUT2D eigenvalue weighted by Crippen LogP contribution is 2.45. The topological polar surface area (TPSA) is 17.1 Å². The van der Waals surface area contributed by atoms with Gasteiger partial charge in [-0.3, -0.25) is 4.79 Å². The highest BCUT2D eigenvalue weighted by Gasteiger charge is 2.35. The van der Waals surface area contributed by atoms with Gasteiger partial charge in [0.25, 0.3) is 0 Å². The summed E-state index contributed by atoms with van der Waals surface area (Å²) in [6, 6.07) is 18.5. The summed E-state index contributed by atoms with van der Waals surface area (Å²) in [5.41, 5.74) is 3.09. The van der Waals surface area contributed by atoms with Crippen molar-refractivity contribution in [2.24, 2.45) is 0 Å². The van der Waals surface area contributed by atoms with Crippen molar-refractivity contribution in [3.8, 4) is 0 Å². The second-order valence-electron chi connectivity index (χ2n) is 8.02. The molecule has 0 aliphatic heterocycles. The van der Waals surface area contributed by atoms with Crippen molar-refractivity contribution < 1.29 is 22.4 Å². The average molecular weight is 438 g/mol. The van der Waals surface area contributed by atoms with Crippen LogP contribution >= 0.6 is 0 Å². The Morgan fingerprint density at radius 3 is 2.22 bits per heavy atom. The summed E-state index contributed by atoms with van der Waals surface area (Å²) in [4.78, 5) is 13.4. The first-order valence-electron chi connectivity index (χ1n) is 10.5. The molecule has 32 heavy (non-hydrogen) atoms. The van der Waals surface area contributed by atoms with E-state index in [9.17, 15) is 22.4 Å². The van der Waals surface area contributed by atoms with E-state index < -0.39 is 11.7 Å². The van der Waals surface area contributed by atoms with E-state index in [1.54, 1.807) is 12.1 Å². The Kier molecular flexibility index (Phi) is 6.00. The van der Waals surface area contributed by atoms with E-state index in [1.165, 1.54) is 24.3 Å². The van der Waals surface area contributed by atoms with Crippen molar-refractivity contribution in [3.63, 3.8) is 0 Å². The van der Waals surface area contributed by atoms with E-state index in [4.69, 9.17) is 0 Å². The van der Waals surface area contributed by atoms with Crippen molar-refractivity contribution in [2.45, 2.75) is 37.8 Å². The highest BCUT2D eigenvalue weighted by atomic mass is 19.4. The Hall–Kier alpha value is -3.21. The van der Waals surface area contributed by atoms with E-state index >= 15 is 0 Å². The van der Waals surface area contributed by atoms with Gasteiger partial charge in [-0.15, -0.1) is 0 Å². The molecule has 1 aliphatic carbocycles. The maximum absolute atomic E-state index is 13.4. The van der Waals surface area contributed by atoms with Crippen LogP contribution in [0.1, 0.15) is 57.8 Å². The van der Waals surface area contributed by atoms with Crippen molar-refractivity contribution in [3.05, 3.63) is 118 Å². The van der Waals surface area contributed by atoms with Gasteiger partial charge in [0.2, 0.25) is 0 Å². The molecule has 5 heteroatoms. The smallest absolute Gasteiger partial charge is 0.289 e. The molecule has 0 bridgehead atoms. The van der Waals surface area contributed by atoms with E-state index in [0.29, 0.717) is 12.0 Å². The van der Waals surface area contributed by atoms with Crippen LogP contribution in [-0.4, -0.2) is 5.78 Å². The molecule has 0 radical (unpaired) electrons. The predicted octanol–water partition coefficient (Wildman–Crippen LogP) is 7.49. The Labute approximate surface area is 184 Å². The molecular formula is C27H22F4O. The largest absolute Gasteiger partial charge is 0.416 e. The Bertz CT molecular complexity index is 1140. The molecule has 0 spiro atoms. The second-order valence-corrected chi connectivity index (χ2v) is 8.02. The SMILES string of the molecule is CCc1ccccc1C1CC(c2ccc(F)cc2)C=C1C(=O)c1ccc(C(F)(F)F)cc1. The first-order valence-corrected chi connectivity index (χ1v) is 10.5. The summed E-state index contributed by atoms with van der Waals surface area (Å²) in [6.45, 7) is 2.05. The van der Waals surface area contributed by atoms with Gasteiger partial charge < -0.3 is 0 Å². The van der Waals surface area contributed by atoms with Crippen LogP contribution in [-0.2, 0) is 12.6 Å². The molecule has 3 aromatic carbocycles. The van der Waals surface area contributed by atoms with Crippen LogP contribution in [0.5, 0.6) is 0 Å². The average Bonchev–Trinajstić information content (AvgIpc) is 3.23. The molecule has 2 unspecified atom stereocenters. The van der Waals surface area contributed by atoms with Gasteiger partial charge in [-0.1, -0.05) is 61.5 Å². The number of allylic oxidation sites excluding steroid dienone is 2. The minimum Gasteiger partial charge on any atom is -0.289 e. The number of rotatable bonds is 5. The third kappa shape index (κ3) is 4.38. The number of alkyl halides is 3. The van der Waals surface area contributed by atoms with Crippen LogP contribution in [0, 0.1) is 5.82 Å². The molecule has 0 aromatic heterocycles. The number of aryl methyl sites for hydroxylation is 1. The fraction of sp³-hybridized carbons (Fsp3) is 0.222. The monoisotopic (exact) mass is 438 g/mol. The lowest BCUT2D eigenvalue weighted by atomic mass is 9.84. The zero-order valence-corrected chi connectivity index (χ0v) is 17.5. The van der Waals surface area contributed by atoms with Gasteiger partial charge in [0.15, 0.2) is 5.78 Å². The third-order valence-corrected chi connectivity index (χ3v) is 6.09. The van der Waals surface area contributed by atoms with Crippen LogP contribution < -0.4 is 0 Å². The lowest BCUT2D eigenvalue weighted by Crippen LogP contribution is -2.12. The van der Waals surface area contributed by atoms with Gasteiger partial charge in [0, 0.05) is 23.0 Å². The minimum absolute atomic E-state index is 0.0843. The van der Waals surface area contributed by atoms with Crippen LogP contribution in [0.3, 0.4) is 0 Å². The van der Waals surface area contributed by atoms with E-state index in [1.807, 2.05) is 37.3 Å². The minimum atomic E-state index is -4.45. The fourth-order valence-electron chi connectivity index (χ4n) is 4.43. The number of hydrogen-bond donors (Lipinski definition) is 0. The molecule has 4 rings (SSSR count). The Morgan fingerprint density at radius 2 is 1.59 bits per heavy atom. The molecule has 1 aliphatic rings. The first-order chi connectivity index (χ1) is 15.3. The van der Waals surface area contributed by atoms with Crippen LogP contribution in [0.15, 0.2) is 84.4 Å². The van der Waals surface area contributed by atoms with Gasteiger partial charge in [0.05, 0.1) is 5.56 Å². The fourth-order valence-corrected chi connectivity index (χ4v) is 4.43. The molecule has 3 aromatic rings. The number of hydrogen-bond acceptors (Lipinski definition) is 1. The normalized spacial score (nSPS) is 18.5. The highest BCUT2D eigenvalue weighted by molar-refractivity contribution is 6.10. The zero-order valence-electron chi connectivity index (χ0n) is 17.5. The molecule has 1 nitrogen and oxygen atoms in total. The quantitative estimate of drug-likeness (QED) is 0.298. The van der Waals surface area contributed by atoms with E-state index in [0.717, 1.165) is 35.2 Å². The number of halogens is 4. The molecule has 0 fully saturated rings. The predicted molar refractivity (Wildman–Crippen MR) is 116 cm³/mol. The van der Waals surface area contributed by atoms with Crippen LogP contribution in [0.2, 0.25) is 0 Å². The maximum atomic E-state index is 13.4. The lowest BCUT2D eigenvalue weighted by Gasteiger charge is -2.19. The molecule has 2 atom stereocenters. The summed E-state index contributed by atoms with van der Waals surface area (Å²) in [6.07, 6.45) is -1.12. The molecule has 0 saturated carbocycles. The van der Waals surface area contributed by atoms with Gasteiger partial charge >= 0.3 is 6.18 Å². The van der Waals surface area contributed by atoms with Crippen molar-refractivity contribution in [1.82, 2.24) is 0 Å². The van der Waals surface area contributed by atoms with Crippen LogP contribution in [0.4, 0.5) is 17.6 Å². The summed E-state index contributed by atoms with van der Waals surface area (Å²) < 4.78 is 52.2. The van der Waals surface area contributed by atoms with Crippen molar-refractivity contribution >= 4 is 5.78 Å². The Morgan fingerprint density at radius 1 is 0.938 bits per heavy atom. The maximum Gasteiger partial charge on any atom is 0.416 e. The summed E-state index contributed by atoms with van der Waals surface area (Å²) in [5.74, 6) is -0.876. The lowest BCUT2D eigenvalue weighted by molar-refractivity contribution is -0.137. The molecule has 0 saturated heterocycles. The second kappa shape index (κ2) is 8.73. The molecular weight excluding hydrogens is 416 g/mol. The van der Waals surface area contributed by atoms with Gasteiger partial charge in [-0.25, -0.2) is 4.39 Å². The number of benzene rings is 3. The Balaban J connectivity index is 1.74. The van der Waals surface area contributed by atoms with Crippen LogP contribution in [0.25, 0.3) is 0 Å².